The molecule has 2 unspecified atom stereocenters. The third-order valence-electron chi connectivity index (χ3n) is 3.91. The lowest BCUT2D eigenvalue weighted by molar-refractivity contribution is 0.341. The Hall–Kier alpha value is -1.06. The Morgan fingerprint density at radius 3 is 2.32 bits per heavy atom. The van der Waals surface area contributed by atoms with E-state index in [4.69, 9.17) is 0 Å². The summed E-state index contributed by atoms with van der Waals surface area (Å²) in [5.41, 5.74) is 2.42. The van der Waals surface area contributed by atoms with E-state index in [1.165, 1.54) is 5.56 Å². The average molecular weight is 262 g/mol. The maximum atomic E-state index is 10.0. The van der Waals surface area contributed by atoms with Crippen molar-refractivity contribution in [2.45, 2.75) is 51.6 Å². The molecule has 106 valence electrons. The van der Waals surface area contributed by atoms with E-state index in [0.717, 1.165) is 44.3 Å². The third kappa shape index (κ3) is 3.48. The van der Waals surface area contributed by atoms with Crippen molar-refractivity contribution in [1.82, 2.24) is 10.6 Å². The maximum Gasteiger partial charge on any atom is 0.119 e. The number of hydrogen-bond donors (Lipinski definition) is 3. The van der Waals surface area contributed by atoms with Crippen LogP contribution in [-0.2, 0) is 12.8 Å². The van der Waals surface area contributed by atoms with Gasteiger partial charge in [-0.15, -0.1) is 0 Å². The molecule has 1 aliphatic rings. The van der Waals surface area contributed by atoms with Crippen molar-refractivity contribution >= 4 is 0 Å². The Kier molecular flexibility index (Phi) is 5.23. The summed E-state index contributed by atoms with van der Waals surface area (Å²) in [5.74, 6) is 0.453. The maximum absolute atomic E-state index is 10.0. The molecule has 1 aromatic rings. The van der Waals surface area contributed by atoms with Gasteiger partial charge in [0, 0.05) is 12.1 Å². The largest absolute Gasteiger partial charge is 0.508 e. The Balaban J connectivity index is 2.13. The molecule has 0 amide bonds. The van der Waals surface area contributed by atoms with Crippen LogP contribution in [0.15, 0.2) is 18.2 Å². The van der Waals surface area contributed by atoms with Crippen molar-refractivity contribution in [3.05, 3.63) is 29.3 Å². The minimum atomic E-state index is 0.423. The van der Waals surface area contributed by atoms with Crippen LogP contribution in [0, 0.1) is 0 Å². The molecule has 0 fully saturated rings. The van der Waals surface area contributed by atoms with Gasteiger partial charge in [0.1, 0.15) is 5.75 Å². The highest BCUT2D eigenvalue weighted by Gasteiger charge is 2.28. The van der Waals surface area contributed by atoms with Crippen LogP contribution in [-0.4, -0.2) is 30.3 Å². The van der Waals surface area contributed by atoms with Crippen molar-refractivity contribution in [3.63, 3.8) is 0 Å². The Bertz CT molecular complexity index is 406. The zero-order valence-corrected chi connectivity index (χ0v) is 12.1. The van der Waals surface area contributed by atoms with Crippen LogP contribution < -0.4 is 10.6 Å². The third-order valence-corrected chi connectivity index (χ3v) is 3.91. The second-order valence-electron chi connectivity index (χ2n) is 5.44. The van der Waals surface area contributed by atoms with Gasteiger partial charge in [0.2, 0.25) is 0 Å². The van der Waals surface area contributed by atoms with E-state index < -0.39 is 0 Å². The summed E-state index contributed by atoms with van der Waals surface area (Å²) >= 11 is 0. The molecule has 0 spiro atoms. The van der Waals surface area contributed by atoms with E-state index in [-0.39, 0.29) is 0 Å². The van der Waals surface area contributed by atoms with Gasteiger partial charge in [-0.3, -0.25) is 0 Å². The molecular weight excluding hydrogens is 236 g/mol. The first kappa shape index (κ1) is 14.4. The number of rotatable bonds is 6. The first-order valence-corrected chi connectivity index (χ1v) is 7.52. The fraction of sp³-hybridized carbons (Fsp3) is 0.625. The minimum Gasteiger partial charge on any atom is -0.508 e. The second-order valence-corrected chi connectivity index (χ2v) is 5.44. The second kappa shape index (κ2) is 6.92. The molecule has 3 nitrogen and oxygen atoms in total. The predicted octanol–water partition coefficient (Wildman–Crippen LogP) is 2.23. The van der Waals surface area contributed by atoms with E-state index in [1.54, 1.807) is 6.07 Å². The van der Waals surface area contributed by atoms with Gasteiger partial charge in [0.25, 0.3) is 0 Å². The average Bonchev–Trinajstić information content (AvgIpc) is 2.43. The monoisotopic (exact) mass is 262 g/mol. The molecule has 0 bridgehead atoms. The molecule has 2 atom stereocenters. The summed E-state index contributed by atoms with van der Waals surface area (Å²) in [7, 11) is 0. The molecule has 1 aromatic carbocycles. The van der Waals surface area contributed by atoms with Crippen LogP contribution in [0.2, 0.25) is 0 Å². The van der Waals surface area contributed by atoms with Crippen LogP contribution in [0.1, 0.15) is 37.8 Å². The SMILES string of the molecule is CCCNC1Cc2cccc(O)c2CC1NCCC. The molecule has 0 heterocycles. The van der Waals surface area contributed by atoms with Gasteiger partial charge in [0.05, 0.1) is 0 Å². The highest BCUT2D eigenvalue weighted by Crippen LogP contribution is 2.29. The van der Waals surface area contributed by atoms with Crippen molar-refractivity contribution < 1.29 is 5.11 Å². The van der Waals surface area contributed by atoms with E-state index in [9.17, 15) is 5.11 Å². The molecule has 0 radical (unpaired) electrons. The van der Waals surface area contributed by atoms with Crippen LogP contribution in [0.4, 0.5) is 0 Å². The normalized spacial score (nSPS) is 22.2. The lowest BCUT2D eigenvalue weighted by Gasteiger charge is -2.35. The zero-order valence-electron chi connectivity index (χ0n) is 12.1. The van der Waals surface area contributed by atoms with Gasteiger partial charge >= 0.3 is 0 Å². The van der Waals surface area contributed by atoms with Gasteiger partial charge in [0.15, 0.2) is 0 Å². The molecule has 3 N–H and O–H groups in total. The topological polar surface area (TPSA) is 44.3 Å². The molecule has 19 heavy (non-hydrogen) atoms. The molecule has 1 aliphatic carbocycles. The van der Waals surface area contributed by atoms with E-state index >= 15 is 0 Å². The molecule has 0 aliphatic heterocycles. The van der Waals surface area contributed by atoms with Crippen molar-refractivity contribution in [2.75, 3.05) is 13.1 Å². The fourth-order valence-corrected chi connectivity index (χ4v) is 2.88. The molecule has 0 aromatic heterocycles. The first-order valence-electron chi connectivity index (χ1n) is 7.52. The summed E-state index contributed by atoms with van der Waals surface area (Å²) in [6.45, 7) is 6.49. The number of hydrogen-bond acceptors (Lipinski definition) is 3. The summed E-state index contributed by atoms with van der Waals surface area (Å²) in [4.78, 5) is 0. The molecular formula is C16H26N2O. The van der Waals surface area contributed by atoms with Crippen LogP contribution in [0.25, 0.3) is 0 Å². The number of nitrogens with one attached hydrogen (secondary N) is 2. The van der Waals surface area contributed by atoms with Gasteiger partial charge in [-0.2, -0.15) is 0 Å². The molecule has 0 saturated carbocycles. The van der Waals surface area contributed by atoms with E-state index in [0.29, 0.717) is 17.8 Å². The number of aromatic hydroxyl groups is 1. The van der Waals surface area contributed by atoms with Crippen LogP contribution >= 0.6 is 0 Å². The lowest BCUT2D eigenvalue weighted by Crippen LogP contribution is -2.53. The first-order chi connectivity index (χ1) is 9.26. The fourth-order valence-electron chi connectivity index (χ4n) is 2.88. The van der Waals surface area contributed by atoms with Gasteiger partial charge in [-0.05, 0) is 56.0 Å². The highest BCUT2D eigenvalue weighted by atomic mass is 16.3. The smallest absolute Gasteiger partial charge is 0.119 e. The number of fused-ring (bicyclic) bond motifs is 1. The molecule has 2 rings (SSSR count). The summed E-state index contributed by atoms with van der Waals surface area (Å²) in [5, 5.41) is 17.3. The van der Waals surface area contributed by atoms with Crippen molar-refractivity contribution in [1.29, 1.82) is 0 Å². The van der Waals surface area contributed by atoms with Gasteiger partial charge < -0.3 is 15.7 Å². The quantitative estimate of drug-likeness (QED) is 0.736. The predicted molar refractivity (Wildman–Crippen MR) is 79.7 cm³/mol. The summed E-state index contributed by atoms with van der Waals surface area (Å²) in [6.07, 6.45) is 4.23. The van der Waals surface area contributed by atoms with E-state index in [1.807, 2.05) is 6.07 Å². The zero-order chi connectivity index (χ0) is 13.7. The lowest BCUT2D eigenvalue weighted by atomic mass is 9.84. The standard InChI is InChI=1S/C16H26N2O/c1-3-8-17-14-10-12-6-5-7-16(19)13(12)11-15(14)18-9-4-2/h5-7,14-15,17-19H,3-4,8-11H2,1-2H3. The van der Waals surface area contributed by atoms with Gasteiger partial charge in [-0.25, -0.2) is 0 Å². The summed E-state index contributed by atoms with van der Waals surface area (Å²) in [6, 6.07) is 6.79. The number of benzene rings is 1. The van der Waals surface area contributed by atoms with Crippen LogP contribution in [0.3, 0.4) is 0 Å². The number of phenols is 1. The molecule has 0 saturated heterocycles. The number of phenolic OH excluding ortho intramolecular Hbond substituents is 1. The Labute approximate surface area is 116 Å². The minimum absolute atomic E-state index is 0.423. The molecule has 3 heteroatoms. The highest BCUT2D eigenvalue weighted by molar-refractivity contribution is 5.42. The summed E-state index contributed by atoms with van der Waals surface area (Å²) < 4.78 is 0. The van der Waals surface area contributed by atoms with E-state index in [2.05, 4.69) is 30.5 Å². The Morgan fingerprint density at radius 2 is 1.68 bits per heavy atom. The van der Waals surface area contributed by atoms with Crippen molar-refractivity contribution in [3.8, 4) is 5.75 Å². The Morgan fingerprint density at radius 1 is 1.05 bits per heavy atom. The van der Waals surface area contributed by atoms with Crippen molar-refractivity contribution in [2.24, 2.45) is 0 Å². The van der Waals surface area contributed by atoms with Crippen LogP contribution in [0.5, 0.6) is 5.75 Å². The van der Waals surface area contributed by atoms with Gasteiger partial charge in [-0.1, -0.05) is 26.0 Å².